The number of aryl methyl sites for hydroxylation is 1. The summed E-state index contributed by atoms with van der Waals surface area (Å²) in [5.41, 5.74) is 3.19. The summed E-state index contributed by atoms with van der Waals surface area (Å²) in [5, 5.41) is 2.96. The molecule has 1 heterocycles. The van der Waals surface area contributed by atoms with Crippen LogP contribution in [0.4, 0.5) is 4.79 Å². The lowest BCUT2D eigenvalue weighted by atomic mass is 9.94. The van der Waals surface area contributed by atoms with Crippen molar-refractivity contribution in [1.29, 1.82) is 0 Å². The Hall–Kier alpha value is -2.30. The number of carbonyl (C=O) groups excluding carboxylic acids is 2. The van der Waals surface area contributed by atoms with E-state index in [0.717, 1.165) is 24.0 Å². The molecule has 0 bridgehead atoms. The van der Waals surface area contributed by atoms with Gasteiger partial charge in [-0.05, 0) is 32.3 Å². The number of hydrogen-bond acceptors (Lipinski definition) is 3. The van der Waals surface area contributed by atoms with Gasteiger partial charge in [0.05, 0.1) is 18.7 Å². The van der Waals surface area contributed by atoms with E-state index < -0.39 is 12.0 Å². The van der Waals surface area contributed by atoms with Crippen LogP contribution >= 0.6 is 0 Å². The van der Waals surface area contributed by atoms with Gasteiger partial charge in [-0.1, -0.05) is 29.8 Å². The molecule has 5 heteroatoms. The number of rotatable bonds is 3. The maximum Gasteiger partial charge on any atom is 0.337 e. The number of nitrogens with zero attached hydrogens (tertiary/aromatic N) is 1. The number of urea groups is 1. The average Bonchev–Trinajstić information content (AvgIpc) is 3.30. The van der Waals surface area contributed by atoms with Crippen molar-refractivity contribution in [2.75, 3.05) is 7.11 Å². The first kappa shape index (κ1) is 14.6. The molecule has 0 unspecified atom stereocenters. The van der Waals surface area contributed by atoms with E-state index in [1.165, 1.54) is 7.11 Å². The lowest BCUT2D eigenvalue weighted by Crippen LogP contribution is -2.48. The predicted octanol–water partition coefficient (Wildman–Crippen LogP) is 2.67. The van der Waals surface area contributed by atoms with Crippen molar-refractivity contribution >= 4 is 12.0 Å². The van der Waals surface area contributed by atoms with Crippen molar-refractivity contribution in [1.82, 2.24) is 10.2 Å². The standard InChI is InChI=1S/C17H20N2O3/c1-10-5-4-6-12(9-10)15-14(16(20)22-3)11(2)19(13-7-8-13)17(21)18-15/h4-6,9,13,15H,7-8H2,1-3H3,(H,18,21)/t15-/m1/s1. The van der Waals surface area contributed by atoms with Crippen molar-refractivity contribution in [3.8, 4) is 0 Å². The highest BCUT2D eigenvalue weighted by Crippen LogP contribution is 2.37. The Bertz CT molecular complexity index is 662. The number of esters is 1. The van der Waals surface area contributed by atoms with Crippen LogP contribution in [-0.4, -0.2) is 30.1 Å². The van der Waals surface area contributed by atoms with Gasteiger partial charge in [-0.2, -0.15) is 0 Å². The number of ether oxygens (including phenoxy) is 1. The zero-order chi connectivity index (χ0) is 15.9. The third-order valence-electron chi connectivity index (χ3n) is 4.22. The summed E-state index contributed by atoms with van der Waals surface area (Å²) < 4.78 is 4.95. The minimum Gasteiger partial charge on any atom is -0.466 e. The molecule has 2 amide bonds. The number of benzene rings is 1. The van der Waals surface area contributed by atoms with Gasteiger partial charge in [0.2, 0.25) is 0 Å². The lowest BCUT2D eigenvalue weighted by Gasteiger charge is -2.35. The van der Waals surface area contributed by atoms with Gasteiger partial charge in [0.1, 0.15) is 0 Å². The molecule has 3 rings (SSSR count). The third-order valence-corrected chi connectivity index (χ3v) is 4.22. The first-order chi connectivity index (χ1) is 10.5. The van der Waals surface area contributed by atoms with Gasteiger partial charge in [0, 0.05) is 11.7 Å². The average molecular weight is 300 g/mol. The maximum absolute atomic E-state index is 12.4. The molecule has 0 radical (unpaired) electrons. The van der Waals surface area contributed by atoms with E-state index in [4.69, 9.17) is 4.74 Å². The molecule has 0 saturated heterocycles. The van der Waals surface area contributed by atoms with Crippen molar-refractivity contribution in [3.63, 3.8) is 0 Å². The SMILES string of the molecule is COC(=O)C1=C(C)N(C2CC2)C(=O)N[C@@H]1c1cccc(C)c1. The fourth-order valence-electron chi connectivity index (χ4n) is 3.00. The molecule has 0 spiro atoms. The first-order valence-corrected chi connectivity index (χ1v) is 7.48. The van der Waals surface area contributed by atoms with Crippen LogP contribution in [0.5, 0.6) is 0 Å². The van der Waals surface area contributed by atoms with Gasteiger partial charge in [0.25, 0.3) is 0 Å². The molecule has 1 aromatic carbocycles. The normalized spacial score (nSPS) is 21.7. The van der Waals surface area contributed by atoms with E-state index in [2.05, 4.69) is 5.32 Å². The molecule has 0 aromatic heterocycles. The van der Waals surface area contributed by atoms with Crippen LogP contribution in [0.15, 0.2) is 35.5 Å². The summed E-state index contributed by atoms with van der Waals surface area (Å²) in [6.45, 7) is 3.81. The van der Waals surface area contributed by atoms with Gasteiger partial charge in [-0.3, -0.25) is 4.90 Å². The number of carbonyl (C=O) groups is 2. The molecule has 1 aliphatic heterocycles. The van der Waals surface area contributed by atoms with Crippen LogP contribution < -0.4 is 5.32 Å². The molecular formula is C17H20N2O3. The number of hydrogen-bond donors (Lipinski definition) is 1. The monoisotopic (exact) mass is 300 g/mol. The van der Waals surface area contributed by atoms with E-state index in [0.29, 0.717) is 11.3 Å². The second-order valence-electron chi connectivity index (χ2n) is 5.89. The molecule has 116 valence electrons. The summed E-state index contributed by atoms with van der Waals surface area (Å²) in [4.78, 5) is 26.4. The molecule has 1 fully saturated rings. The fraction of sp³-hybridized carbons (Fsp3) is 0.412. The highest BCUT2D eigenvalue weighted by molar-refractivity contribution is 5.95. The van der Waals surface area contributed by atoms with E-state index in [9.17, 15) is 9.59 Å². The van der Waals surface area contributed by atoms with Crippen molar-refractivity contribution in [2.45, 2.75) is 38.8 Å². The predicted molar refractivity (Wildman–Crippen MR) is 82.0 cm³/mol. The zero-order valence-corrected chi connectivity index (χ0v) is 13.1. The van der Waals surface area contributed by atoms with Gasteiger partial charge < -0.3 is 10.1 Å². The van der Waals surface area contributed by atoms with Crippen molar-refractivity contribution in [3.05, 3.63) is 46.7 Å². The molecule has 2 aliphatic rings. The Morgan fingerprint density at radius 3 is 2.64 bits per heavy atom. The smallest absolute Gasteiger partial charge is 0.337 e. The van der Waals surface area contributed by atoms with Crippen LogP contribution in [0.25, 0.3) is 0 Å². The molecule has 1 N–H and O–H groups in total. The number of allylic oxidation sites excluding steroid dienone is 1. The molecule has 5 nitrogen and oxygen atoms in total. The minimum absolute atomic E-state index is 0.140. The Morgan fingerprint density at radius 2 is 2.05 bits per heavy atom. The highest BCUT2D eigenvalue weighted by Gasteiger charge is 2.42. The summed E-state index contributed by atoms with van der Waals surface area (Å²) in [7, 11) is 1.37. The summed E-state index contributed by atoms with van der Waals surface area (Å²) in [6.07, 6.45) is 1.96. The molecule has 1 atom stereocenters. The Kier molecular flexibility index (Phi) is 3.64. The largest absolute Gasteiger partial charge is 0.466 e. The van der Waals surface area contributed by atoms with E-state index in [1.54, 1.807) is 4.90 Å². The fourth-order valence-corrected chi connectivity index (χ4v) is 3.00. The van der Waals surface area contributed by atoms with Gasteiger partial charge >= 0.3 is 12.0 Å². The van der Waals surface area contributed by atoms with Gasteiger partial charge in [-0.15, -0.1) is 0 Å². The zero-order valence-electron chi connectivity index (χ0n) is 13.1. The van der Waals surface area contributed by atoms with E-state index >= 15 is 0 Å². The molecular weight excluding hydrogens is 280 g/mol. The van der Waals surface area contributed by atoms with Crippen LogP contribution in [0.3, 0.4) is 0 Å². The quantitative estimate of drug-likeness (QED) is 0.873. The Labute approximate surface area is 129 Å². The maximum atomic E-state index is 12.4. The first-order valence-electron chi connectivity index (χ1n) is 7.48. The molecule has 1 saturated carbocycles. The Morgan fingerprint density at radius 1 is 1.32 bits per heavy atom. The summed E-state index contributed by atoms with van der Waals surface area (Å²) in [6, 6.07) is 7.41. The number of nitrogens with one attached hydrogen (secondary N) is 1. The lowest BCUT2D eigenvalue weighted by molar-refractivity contribution is -0.136. The molecule has 1 aromatic rings. The second-order valence-corrected chi connectivity index (χ2v) is 5.89. The minimum atomic E-state index is -0.463. The molecule has 1 aliphatic carbocycles. The van der Waals surface area contributed by atoms with Gasteiger partial charge in [-0.25, -0.2) is 9.59 Å². The Balaban J connectivity index is 2.08. The number of amides is 2. The van der Waals surface area contributed by atoms with Crippen molar-refractivity contribution in [2.24, 2.45) is 0 Å². The van der Waals surface area contributed by atoms with Crippen LogP contribution in [-0.2, 0) is 9.53 Å². The van der Waals surface area contributed by atoms with Gasteiger partial charge in [0.15, 0.2) is 0 Å². The van der Waals surface area contributed by atoms with Crippen LogP contribution in [0.2, 0.25) is 0 Å². The molecule has 22 heavy (non-hydrogen) atoms. The second kappa shape index (κ2) is 5.48. The third kappa shape index (κ3) is 2.47. The highest BCUT2D eigenvalue weighted by atomic mass is 16.5. The summed E-state index contributed by atoms with van der Waals surface area (Å²) in [5.74, 6) is -0.394. The van der Waals surface area contributed by atoms with E-state index in [-0.39, 0.29) is 12.1 Å². The topological polar surface area (TPSA) is 58.6 Å². The van der Waals surface area contributed by atoms with E-state index in [1.807, 2.05) is 38.1 Å². The van der Waals surface area contributed by atoms with Crippen LogP contribution in [0.1, 0.15) is 36.9 Å². The van der Waals surface area contributed by atoms with Crippen molar-refractivity contribution < 1.29 is 14.3 Å². The van der Waals surface area contributed by atoms with Crippen LogP contribution in [0, 0.1) is 6.92 Å². The number of methoxy groups -OCH3 is 1. The summed E-state index contributed by atoms with van der Waals surface area (Å²) >= 11 is 0.